The third-order valence-electron chi connectivity index (χ3n) is 2.73. The summed E-state index contributed by atoms with van der Waals surface area (Å²) >= 11 is 0. The molecule has 0 atom stereocenters. The fraction of sp³-hybridized carbons (Fsp3) is 0.400. The quantitative estimate of drug-likeness (QED) is 0.780. The Bertz CT molecular complexity index is 784. The molecule has 7 nitrogen and oxygen atoms in total. The number of para-hydroxylation sites is 1. The van der Waals surface area contributed by atoms with E-state index >= 15 is 0 Å². The Kier molecular flexibility index (Phi) is 5.14. The van der Waals surface area contributed by atoms with Gasteiger partial charge in [0.15, 0.2) is 5.75 Å². The van der Waals surface area contributed by atoms with Crippen LogP contribution >= 0.6 is 7.82 Å². The van der Waals surface area contributed by atoms with E-state index in [-0.39, 0.29) is 0 Å². The first kappa shape index (κ1) is 17.5. The molecule has 2 rings (SSSR count). The number of aromatic amines is 1. The minimum absolute atomic E-state index is 0.364. The number of aromatic nitrogens is 1. The number of nitrogens with one attached hydrogen (secondary N) is 1. The average Bonchev–Trinajstić information content (AvgIpc) is 2.41. The molecule has 0 radical (unpaired) electrons. The molecule has 0 aliphatic carbocycles. The van der Waals surface area contributed by atoms with E-state index in [1.165, 1.54) is 0 Å². The van der Waals surface area contributed by atoms with Crippen molar-refractivity contribution in [3.05, 3.63) is 34.6 Å². The number of fused-ring (bicyclic) bond motifs is 1. The van der Waals surface area contributed by atoms with Crippen molar-refractivity contribution in [2.45, 2.75) is 39.9 Å². The van der Waals surface area contributed by atoms with E-state index in [2.05, 4.69) is 4.98 Å². The van der Waals surface area contributed by atoms with Crippen LogP contribution in [0.15, 0.2) is 29.1 Å². The molecular weight excluding hydrogens is 321 g/mol. The van der Waals surface area contributed by atoms with Crippen LogP contribution in [0.1, 0.15) is 27.7 Å². The standard InChI is InChI=1S/C15H20NO6P/c1-9(2)20-23(19,21-10(3)4)22-14-13(17)11-7-5-6-8-12(11)16-15(14)18/h5-10H,1-4H3,(H2,16,17,18). The van der Waals surface area contributed by atoms with Crippen LogP contribution in [-0.2, 0) is 13.6 Å². The summed E-state index contributed by atoms with van der Waals surface area (Å²) in [5.41, 5.74) is -0.284. The Labute approximate surface area is 133 Å². The van der Waals surface area contributed by atoms with Gasteiger partial charge in [0.05, 0.1) is 17.7 Å². The van der Waals surface area contributed by atoms with Crippen molar-refractivity contribution in [2.75, 3.05) is 0 Å². The van der Waals surface area contributed by atoms with Gasteiger partial charge in [0, 0.05) is 5.39 Å². The van der Waals surface area contributed by atoms with Gasteiger partial charge >= 0.3 is 7.82 Å². The smallest absolute Gasteiger partial charge is 0.504 e. The van der Waals surface area contributed by atoms with E-state index in [1.54, 1.807) is 52.0 Å². The van der Waals surface area contributed by atoms with Gasteiger partial charge in [-0.05, 0) is 39.8 Å². The van der Waals surface area contributed by atoms with Crippen LogP contribution in [0.3, 0.4) is 0 Å². The molecule has 0 saturated heterocycles. The second kappa shape index (κ2) is 6.74. The van der Waals surface area contributed by atoms with E-state index in [0.29, 0.717) is 10.9 Å². The molecule has 0 amide bonds. The lowest BCUT2D eigenvalue weighted by Crippen LogP contribution is -2.16. The van der Waals surface area contributed by atoms with Gasteiger partial charge in [0.1, 0.15) is 0 Å². The molecule has 0 saturated carbocycles. The van der Waals surface area contributed by atoms with Crippen LogP contribution in [0.25, 0.3) is 10.9 Å². The van der Waals surface area contributed by atoms with Crippen LogP contribution in [0, 0.1) is 0 Å². The van der Waals surface area contributed by atoms with Crippen LogP contribution < -0.4 is 10.1 Å². The maximum absolute atomic E-state index is 12.7. The topological polar surface area (TPSA) is 97.9 Å². The third-order valence-corrected chi connectivity index (χ3v) is 4.50. The lowest BCUT2D eigenvalue weighted by molar-refractivity contribution is 0.102. The predicted molar refractivity (Wildman–Crippen MR) is 86.9 cm³/mol. The van der Waals surface area contributed by atoms with Crippen molar-refractivity contribution in [3.63, 3.8) is 0 Å². The highest BCUT2D eigenvalue weighted by Gasteiger charge is 2.34. The average molecular weight is 341 g/mol. The number of hydrogen-bond donors (Lipinski definition) is 2. The molecule has 23 heavy (non-hydrogen) atoms. The van der Waals surface area contributed by atoms with Crippen molar-refractivity contribution in [3.8, 4) is 11.5 Å². The maximum Gasteiger partial charge on any atom is 0.530 e. The van der Waals surface area contributed by atoms with Crippen molar-refractivity contribution >= 4 is 18.7 Å². The summed E-state index contributed by atoms with van der Waals surface area (Å²) in [5.74, 6) is -0.905. The summed E-state index contributed by atoms with van der Waals surface area (Å²) in [6.45, 7) is 6.63. The number of pyridine rings is 1. The number of rotatable bonds is 6. The van der Waals surface area contributed by atoms with Gasteiger partial charge in [-0.2, -0.15) is 0 Å². The van der Waals surface area contributed by atoms with Crippen LogP contribution in [0.5, 0.6) is 11.5 Å². The fourth-order valence-electron chi connectivity index (χ4n) is 1.99. The highest BCUT2D eigenvalue weighted by atomic mass is 31.2. The Morgan fingerprint density at radius 1 is 1.09 bits per heavy atom. The van der Waals surface area contributed by atoms with Gasteiger partial charge in [0.2, 0.25) is 5.75 Å². The molecular formula is C15H20NO6P. The van der Waals surface area contributed by atoms with Gasteiger partial charge < -0.3 is 14.6 Å². The van der Waals surface area contributed by atoms with Crippen LogP contribution in [0.4, 0.5) is 0 Å². The summed E-state index contributed by atoms with van der Waals surface area (Å²) in [6, 6.07) is 6.64. The van der Waals surface area contributed by atoms with Gasteiger partial charge in [0.25, 0.3) is 5.56 Å². The summed E-state index contributed by atoms with van der Waals surface area (Å²) in [6.07, 6.45) is -0.914. The SMILES string of the molecule is CC(C)OP(=O)(Oc1c(O)c2ccccc2[nH]c1=O)OC(C)C. The molecule has 0 spiro atoms. The molecule has 2 aromatic rings. The lowest BCUT2D eigenvalue weighted by atomic mass is 10.2. The number of phosphoric acid groups is 1. The zero-order chi connectivity index (χ0) is 17.2. The van der Waals surface area contributed by atoms with E-state index in [0.717, 1.165) is 0 Å². The fourth-order valence-corrected chi connectivity index (χ4v) is 3.55. The molecule has 0 fully saturated rings. The number of hydrogen-bond acceptors (Lipinski definition) is 6. The molecule has 8 heteroatoms. The minimum Gasteiger partial charge on any atom is -0.504 e. The largest absolute Gasteiger partial charge is 0.530 e. The maximum atomic E-state index is 12.7. The van der Waals surface area contributed by atoms with E-state index < -0.39 is 37.1 Å². The molecule has 0 unspecified atom stereocenters. The number of H-pyrrole nitrogens is 1. The van der Waals surface area contributed by atoms with Gasteiger partial charge in [-0.1, -0.05) is 12.1 Å². The lowest BCUT2D eigenvalue weighted by Gasteiger charge is -2.22. The first-order chi connectivity index (χ1) is 10.7. The molecule has 0 bridgehead atoms. The Morgan fingerprint density at radius 3 is 2.22 bits per heavy atom. The van der Waals surface area contributed by atoms with Crippen LogP contribution in [0.2, 0.25) is 0 Å². The third kappa shape index (κ3) is 4.13. The Morgan fingerprint density at radius 2 is 1.65 bits per heavy atom. The minimum atomic E-state index is -4.07. The monoisotopic (exact) mass is 341 g/mol. The summed E-state index contributed by atoms with van der Waals surface area (Å²) in [5, 5.41) is 10.6. The first-order valence-electron chi connectivity index (χ1n) is 7.22. The van der Waals surface area contributed by atoms with Crippen molar-refractivity contribution in [1.82, 2.24) is 4.98 Å². The number of aromatic hydroxyl groups is 1. The highest BCUT2D eigenvalue weighted by molar-refractivity contribution is 7.49. The van der Waals surface area contributed by atoms with Crippen molar-refractivity contribution < 1.29 is 23.2 Å². The van der Waals surface area contributed by atoms with E-state index in [9.17, 15) is 14.5 Å². The van der Waals surface area contributed by atoms with Gasteiger partial charge in [-0.25, -0.2) is 4.57 Å². The molecule has 0 aliphatic rings. The molecule has 2 N–H and O–H groups in total. The highest BCUT2D eigenvalue weighted by Crippen LogP contribution is 2.52. The molecule has 126 valence electrons. The van der Waals surface area contributed by atoms with Gasteiger partial charge in [-0.3, -0.25) is 13.8 Å². The zero-order valence-corrected chi connectivity index (χ0v) is 14.3. The summed E-state index contributed by atoms with van der Waals surface area (Å²) in [7, 11) is -4.07. The Hall–Kier alpha value is -1.82. The van der Waals surface area contributed by atoms with E-state index in [4.69, 9.17) is 13.6 Å². The molecule has 1 heterocycles. The predicted octanol–water partition coefficient (Wildman–Crippen LogP) is 3.57. The number of phosphoric ester groups is 1. The second-order valence-corrected chi connectivity index (χ2v) is 7.02. The second-order valence-electron chi connectivity index (χ2n) is 5.52. The molecule has 1 aromatic carbocycles. The Balaban J connectivity index is 2.50. The van der Waals surface area contributed by atoms with E-state index in [1.807, 2.05) is 0 Å². The zero-order valence-electron chi connectivity index (χ0n) is 13.4. The number of benzene rings is 1. The van der Waals surface area contributed by atoms with Crippen molar-refractivity contribution in [2.24, 2.45) is 0 Å². The van der Waals surface area contributed by atoms with Gasteiger partial charge in [-0.15, -0.1) is 0 Å². The normalized spacial score (nSPS) is 12.3. The summed E-state index contributed by atoms with van der Waals surface area (Å²) < 4.78 is 28.4. The van der Waals surface area contributed by atoms with Crippen molar-refractivity contribution in [1.29, 1.82) is 0 Å². The molecule has 1 aromatic heterocycles. The first-order valence-corrected chi connectivity index (χ1v) is 8.68. The summed E-state index contributed by atoms with van der Waals surface area (Å²) in [4.78, 5) is 14.7. The molecule has 0 aliphatic heterocycles. The van der Waals surface area contributed by atoms with Crippen LogP contribution in [-0.4, -0.2) is 22.3 Å².